The number of benzene rings is 3. The van der Waals surface area contributed by atoms with Gasteiger partial charge in [-0.2, -0.15) is 13.2 Å². The molecule has 0 atom stereocenters. The molecular formula is C35H35F9N2O5. The Morgan fingerprint density at radius 3 is 1.76 bits per heavy atom. The smallest absolute Gasteiger partial charge is 0.501 e. The van der Waals surface area contributed by atoms with Gasteiger partial charge in [0.1, 0.15) is 23.8 Å². The number of hydrogen-bond acceptors (Lipinski definition) is 5. The predicted molar refractivity (Wildman–Crippen MR) is 167 cm³/mol. The van der Waals surface area contributed by atoms with Gasteiger partial charge in [-0.25, -0.2) is 4.79 Å². The number of carbonyl (C=O) groups is 1. The number of amides is 2. The van der Waals surface area contributed by atoms with Gasteiger partial charge >= 0.3 is 24.9 Å². The van der Waals surface area contributed by atoms with Crippen LogP contribution in [-0.4, -0.2) is 45.2 Å². The molecule has 0 heterocycles. The quantitative estimate of drug-likeness (QED) is 0.135. The number of nitrogens with one attached hydrogen (secondary N) is 2. The molecule has 1 saturated carbocycles. The van der Waals surface area contributed by atoms with Gasteiger partial charge in [-0.15, -0.1) is 26.3 Å². The Labute approximate surface area is 287 Å². The van der Waals surface area contributed by atoms with Crippen molar-refractivity contribution in [2.75, 3.05) is 20.3 Å². The van der Waals surface area contributed by atoms with E-state index >= 15 is 0 Å². The number of allylic oxidation sites excluding steroid dienone is 1. The van der Waals surface area contributed by atoms with Gasteiger partial charge < -0.3 is 29.6 Å². The lowest BCUT2D eigenvalue weighted by Crippen LogP contribution is -2.53. The summed E-state index contributed by atoms with van der Waals surface area (Å²) in [5.74, 6) is 0.242. The standard InChI is InChI=1S/C35H35F9N2O5/c1-22(48-2)25-13-9-24(10-14-25)20-49-28-15-11-23(12-16-28)19-32(46-31(47)45-21-33(36,37)38,26-5-3-7-29(17-26)50-34(39,40)41)27-6-4-8-30(18-27)51-35(42,43)44/h3-8,11-12,15-18,24-25H,1,9-10,13-14,19-21H2,2H3,(H2,45,46,47). The minimum absolute atomic E-state index is 0.164. The van der Waals surface area contributed by atoms with Crippen LogP contribution < -0.4 is 24.8 Å². The Kier molecular flexibility index (Phi) is 12.3. The number of hydrogen-bond donors (Lipinski definition) is 2. The predicted octanol–water partition coefficient (Wildman–Crippen LogP) is 9.18. The van der Waals surface area contributed by atoms with Crippen LogP contribution in [0.5, 0.6) is 17.2 Å². The number of ether oxygens (including phenoxy) is 4. The fraction of sp³-hybridized carbons (Fsp3) is 0.400. The zero-order valence-electron chi connectivity index (χ0n) is 27.2. The first-order chi connectivity index (χ1) is 23.8. The molecule has 3 aromatic carbocycles. The van der Waals surface area contributed by atoms with Gasteiger partial charge in [0.2, 0.25) is 0 Å². The van der Waals surface area contributed by atoms with Gasteiger partial charge in [0, 0.05) is 12.3 Å². The van der Waals surface area contributed by atoms with Gasteiger partial charge in [0.15, 0.2) is 0 Å². The summed E-state index contributed by atoms with van der Waals surface area (Å²) >= 11 is 0. The molecule has 0 unspecified atom stereocenters. The maximum atomic E-state index is 13.2. The molecule has 2 N–H and O–H groups in total. The molecule has 16 heteroatoms. The third kappa shape index (κ3) is 11.9. The highest BCUT2D eigenvalue weighted by Gasteiger charge is 2.40. The normalized spacial score (nSPS) is 16.9. The highest BCUT2D eigenvalue weighted by molar-refractivity contribution is 5.76. The third-order valence-corrected chi connectivity index (χ3v) is 8.34. The highest BCUT2D eigenvalue weighted by atomic mass is 19.4. The van der Waals surface area contributed by atoms with Crippen molar-refractivity contribution in [3.63, 3.8) is 0 Å². The minimum Gasteiger partial charge on any atom is -0.501 e. The SMILES string of the molecule is C=C(OC)C1CCC(COc2ccc(CC(NC(=O)NCC(F)(F)F)(c3cccc(OC(F)(F)F)c3)c3cccc(OC(F)(F)F)c3)cc2)CC1. The van der Waals surface area contributed by atoms with Gasteiger partial charge in [-0.05, 0) is 84.7 Å². The molecule has 3 aromatic rings. The second-order valence-electron chi connectivity index (χ2n) is 12.0. The van der Waals surface area contributed by atoms with Gasteiger partial charge in [-0.3, -0.25) is 0 Å². The lowest BCUT2D eigenvalue weighted by atomic mass is 9.77. The number of urea groups is 1. The first kappa shape index (κ1) is 39.0. The van der Waals surface area contributed by atoms with E-state index in [1.54, 1.807) is 36.7 Å². The molecular weight excluding hydrogens is 699 g/mol. The summed E-state index contributed by atoms with van der Waals surface area (Å²) in [6.07, 6.45) is -11.9. The summed E-state index contributed by atoms with van der Waals surface area (Å²) in [4.78, 5) is 13.1. The zero-order valence-corrected chi connectivity index (χ0v) is 27.2. The Morgan fingerprint density at radius 2 is 1.29 bits per heavy atom. The highest BCUT2D eigenvalue weighted by Crippen LogP contribution is 2.39. The van der Waals surface area contributed by atoms with Crippen molar-refractivity contribution in [2.45, 2.75) is 56.5 Å². The fourth-order valence-electron chi connectivity index (χ4n) is 5.94. The molecule has 0 spiro atoms. The van der Waals surface area contributed by atoms with Crippen LogP contribution in [0, 0.1) is 11.8 Å². The van der Waals surface area contributed by atoms with E-state index in [2.05, 4.69) is 21.4 Å². The molecule has 0 aliphatic heterocycles. The summed E-state index contributed by atoms with van der Waals surface area (Å²) < 4.78 is 138. The lowest BCUT2D eigenvalue weighted by Gasteiger charge is -2.37. The summed E-state index contributed by atoms with van der Waals surface area (Å²) in [6.45, 7) is 2.56. The van der Waals surface area contributed by atoms with Crippen LogP contribution in [0.3, 0.4) is 0 Å². The molecule has 0 bridgehead atoms. The number of methoxy groups -OCH3 is 1. The van der Waals surface area contributed by atoms with Crippen molar-refractivity contribution in [2.24, 2.45) is 11.8 Å². The molecule has 0 aromatic heterocycles. The van der Waals surface area contributed by atoms with Crippen LogP contribution in [-0.2, 0) is 16.7 Å². The molecule has 2 amide bonds. The Hall–Kier alpha value is -4.76. The van der Waals surface area contributed by atoms with Crippen molar-refractivity contribution >= 4 is 6.03 Å². The zero-order chi connectivity index (χ0) is 37.5. The van der Waals surface area contributed by atoms with Crippen LogP contribution in [0.2, 0.25) is 0 Å². The molecule has 51 heavy (non-hydrogen) atoms. The average molecular weight is 735 g/mol. The number of rotatable bonds is 13. The number of carbonyl (C=O) groups excluding carboxylic acids is 1. The van der Waals surface area contributed by atoms with E-state index in [0.29, 0.717) is 17.9 Å². The van der Waals surface area contributed by atoms with E-state index in [9.17, 15) is 44.3 Å². The van der Waals surface area contributed by atoms with Gasteiger partial charge in [0.05, 0.1) is 25.0 Å². The topological polar surface area (TPSA) is 78.1 Å². The van der Waals surface area contributed by atoms with Gasteiger partial charge in [-0.1, -0.05) is 43.0 Å². The summed E-state index contributed by atoms with van der Waals surface area (Å²) in [5, 5.41) is 4.04. The number of halogens is 9. The van der Waals surface area contributed by atoms with E-state index in [1.165, 1.54) is 12.1 Å². The average Bonchev–Trinajstić information content (AvgIpc) is 3.05. The Balaban J connectivity index is 1.70. The number of alkyl halides is 9. The van der Waals surface area contributed by atoms with E-state index < -0.39 is 48.5 Å². The van der Waals surface area contributed by atoms with Gasteiger partial charge in [0.25, 0.3) is 0 Å². The van der Waals surface area contributed by atoms with Crippen molar-refractivity contribution in [1.29, 1.82) is 0 Å². The van der Waals surface area contributed by atoms with Crippen molar-refractivity contribution in [3.05, 3.63) is 102 Å². The van der Waals surface area contributed by atoms with Crippen LogP contribution in [0.15, 0.2) is 85.1 Å². The second kappa shape index (κ2) is 16.1. The van der Waals surface area contributed by atoms with Crippen molar-refractivity contribution in [1.82, 2.24) is 10.6 Å². The summed E-state index contributed by atoms with van der Waals surface area (Å²) in [6, 6.07) is 13.3. The Bertz CT molecular complexity index is 1560. The molecule has 0 saturated heterocycles. The second-order valence-corrected chi connectivity index (χ2v) is 12.0. The molecule has 4 rings (SSSR count). The van der Waals surface area contributed by atoms with E-state index in [4.69, 9.17) is 9.47 Å². The Morgan fingerprint density at radius 1 is 0.765 bits per heavy atom. The third-order valence-electron chi connectivity index (χ3n) is 8.34. The molecule has 1 fully saturated rings. The molecule has 0 radical (unpaired) electrons. The maximum Gasteiger partial charge on any atom is 0.573 e. The first-order valence-corrected chi connectivity index (χ1v) is 15.6. The van der Waals surface area contributed by atoms with Crippen molar-refractivity contribution in [3.8, 4) is 17.2 Å². The van der Waals surface area contributed by atoms with Crippen LogP contribution in [0.4, 0.5) is 44.3 Å². The van der Waals surface area contributed by atoms with Crippen LogP contribution in [0.25, 0.3) is 0 Å². The first-order valence-electron chi connectivity index (χ1n) is 15.6. The van der Waals surface area contributed by atoms with E-state index in [1.807, 2.05) is 0 Å². The maximum absolute atomic E-state index is 13.2. The molecule has 278 valence electrons. The van der Waals surface area contributed by atoms with E-state index in [-0.39, 0.29) is 29.4 Å². The molecule has 1 aliphatic carbocycles. The lowest BCUT2D eigenvalue weighted by molar-refractivity contribution is -0.275. The van der Waals surface area contributed by atoms with Crippen LogP contribution >= 0.6 is 0 Å². The minimum atomic E-state index is -5.15. The molecule has 7 nitrogen and oxygen atoms in total. The largest absolute Gasteiger partial charge is 0.573 e. The molecule has 1 aliphatic rings. The monoisotopic (exact) mass is 734 g/mol. The van der Waals surface area contributed by atoms with Crippen molar-refractivity contribution < 1.29 is 63.3 Å². The summed E-state index contributed by atoms with van der Waals surface area (Å²) in [5.41, 5.74) is -2.04. The van der Waals surface area contributed by atoms with E-state index in [0.717, 1.165) is 67.8 Å². The summed E-state index contributed by atoms with van der Waals surface area (Å²) in [7, 11) is 1.59. The van der Waals surface area contributed by atoms with Crippen LogP contribution in [0.1, 0.15) is 42.4 Å². The fourth-order valence-corrected chi connectivity index (χ4v) is 5.94.